The van der Waals surface area contributed by atoms with Crippen molar-refractivity contribution in [2.75, 3.05) is 5.32 Å². The average molecular weight is 277 g/mol. The van der Waals surface area contributed by atoms with Gasteiger partial charge < -0.3 is 4.98 Å². The Labute approximate surface area is 114 Å². The lowest BCUT2D eigenvalue weighted by Crippen LogP contribution is -2.21. The average Bonchev–Trinajstić information content (AvgIpc) is 2.77. The molecule has 100 valence electrons. The molecule has 0 atom stereocenters. The fourth-order valence-electron chi connectivity index (χ4n) is 1.52. The van der Waals surface area contributed by atoms with Crippen LogP contribution in [0.5, 0.6) is 0 Å². The molecular formula is C13H15N3O2S. The SMILES string of the molecule is Cc1cc(=O)c(C(=O)Nc2nc(C(C)C)cs2)c[nH]1. The zero-order valence-electron chi connectivity index (χ0n) is 11.0. The number of H-pyrrole nitrogens is 1. The van der Waals surface area contributed by atoms with E-state index in [-0.39, 0.29) is 11.0 Å². The van der Waals surface area contributed by atoms with Gasteiger partial charge >= 0.3 is 0 Å². The molecule has 0 saturated heterocycles. The van der Waals surface area contributed by atoms with Crippen LogP contribution in [0.1, 0.15) is 41.5 Å². The molecular weight excluding hydrogens is 262 g/mol. The standard InChI is InChI=1S/C13H15N3O2S/c1-7(2)10-6-19-13(15-10)16-12(18)9-5-14-8(3)4-11(9)17/h4-7H,1-3H3,(H,14,17)(H,15,16,18). The zero-order valence-corrected chi connectivity index (χ0v) is 11.8. The minimum absolute atomic E-state index is 0.0897. The smallest absolute Gasteiger partial charge is 0.262 e. The Balaban J connectivity index is 2.18. The van der Waals surface area contributed by atoms with Crippen LogP contribution >= 0.6 is 11.3 Å². The van der Waals surface area contributed by atoms with Crippen molar-refractivity contribution < 1.29 is 4.79 Å². The van der Waals surface area contributed by atoms with Gasteiger partial charge in [-0.2, -0.15) is 0 Å². The van der Waals surface area contributed by atoms with Gasteiger partial charge in [0.05, 0.1) is 5.69 Å². The lowest BCUT2D eigenvalue weighted by Gasteiger charge is -2.02. The molecule has 2 aromatic heterocycles. The number of aromatic nitrogens is 2. The molecule has 5 nitrogen and oxygen atoms in total. The van der Waals surface area contributed by atoms with Gasteiger partial charge in [0, 0.05) is 23.3 Å². The van der Waals surface area contributed by atoms with Crippen molar-refractivity contribution in [3.8, 4) is 0 Å². The number of carbonyl (C=O) groups is 1. The molecule has 0 radical (unpaired) electrons. The third-order valence-corrected chi connectivity index (χ3v) is 3.41. The molecule has 0 bridgehead atoms. The van der Waals surface area contributed by atoms with Crippen LogP contribution < -0.4 is 10.7 Å². The minimum Gasteiger partial charge on any atom is -0.364 e. The molecule has 0 spiro atoms. The first-order valence-corrected chi connectivity index (χ1v) is 6.81. The minimum atomic E-state index is -0.439. The molecule has 0 aromatic carbocycles. The molecule has 2 aromatic rings. The Morgan fingerprint density at radius 1 is 1.47 bits per heavy atom. The van der Waals surface area contributed by atoms with E-state index in [0.717, 1.165) is 11.4 Å². The number of rotatable bonds is 3. The lowest BCUT2D eigenvalue weighted by molar-refractivity contribution is 0.102. The number of pyridine rings is 1. The molecule has 0 saturated carbocycles. The summed E-state index contributed by atoms with van der Waals surface area (Å²) in [6.45, 7) is 5.83. The van der Waals surface area contributed by atoms with E-state index in [1.165, 1.54) is 23.6 Å². The summed E-state index contributed by atoms with van der Waals surface area (Å²) >= 11 is 1.35. The predicted octanol–water partition coefficient (Wildman–Crippen LogP) is 2.52. The highest BCUT2D eigenvalue weighted by molar-refractivity contribution is 7.14. The third kappa shape index (κ3) is 3.08. The summed E-state index contributed by atoms with van der Waals surface area (Å²) in [6, 6.07) is 1.40. The second-order valence-corrected chi connectivity index (χ2v) is 5.44. The molecule has 2 N–H and O–H groups in total. The number of thiazole rings is 1. The molecule has 0 aliphatic heterocycles. The van der Waals surface area contributed by atoms with E-state index in [1.807, 2.05) is 19.2 Å². The number of aryl methyl sites for hydroxylation is 1. The Kier molecular flexibility index (Phi) is 3.80. The molecule has 0 aliphatic rings. The molecule has 1 amide bonds. The maximum Gasteiger partial charge on any atom is 0.262 e. The van der Waals surface area contributed by atoms with Crippen LogP contribution in [0.15, 0.2) is 22.4 Å². The molecule has 0 unspecified atom stereocenters. The Morgan fingerprint density at radius 3 is 2.79 bits per heavy atom. The van der Waals surface area contributed by atoms with Gasteiger partial charge in [0.15, 0.2) is 10.6 Å². The van der Waals surface area contributed by atoms with Gasteiger partial charge in [0.2, 0.25) is 0 Å². The van der Waals surface area contributed by atoms with Gasteiger partial charge in [0.1, 0.15) is 5.56 Å². The van der Waals surface area contributed by atoms with Crippen LogP contribution in [0, 0.1) is 6.92 Å². The van der Waals surface area contributed by atoms with Crippen LogP contribution in [0.2, 0.25) is 0 Å². The first kappa shape index (κ1) is 13.5. The van der Waals surface area contributed by atoms with Gasteiger partial charge in [-0.3, -0.25) is 14.9 Å². The summed E-state index contributed by atoms with van der Waals surface area (Å²) in [5, 5.41) is 5.05. The highest BCUT2D eigenvalue weighted by atomic mass is 32.1. The monoisotopic (exact) mass is 277 g/mol. The van der Waals surface area contributed by atoms with Crippen molar-refractivity contribution in [2.24, 2.45) is 0 Å². The zero-order chi connectivity index (χ0) is 14.0. The maximum absolute atomic E-state index is 12.0. The largest absolute Gasteiger partial charge is 0.364 e. The van der Waals surface area contributed by atoms with Crippen molar-refractivity contribution >= 4 is 22.4 Å². The topological polar surface area (TPSA) is 74.8 Å². The first-order valence-electron chi connectivity index (χ1n) is 5.93. The van der Waals surface area contributed by atoms with Crippen LogP contribution in [-0.2, 0) is 0 Å². The van der Waals surface area contributed by atoms with E-state index < -0.39 is 5.91 Å². The van der Waals surface area contributed by atoms with Crippen molar-refractivity contribution in [2.45, 2.75) is 26.7 Å². The van der Waals surface area contributed by atoms with E-state index in [4.69, 9.17) is 0 Å². The fraction of sp³-hybridized carbons (Fsp3) is 0.308. The summed E-state index contributed by atoms with van der Waals surface area (Å²) in [5.74, 6) is -0.129. The number of hydrogen-bond acceptors (Lipinski definition) is 4. The highest BCUT2D eigenvalue weighted by Crippen LogP contribution is 2.21. The second-order valence-electron chi connectivity index (χ2n) is 4.58. The number of hydrogen-bond donors (Lipinski definition) is 2. The summed E-state index contributed by atoms with van der Waals surface area (Å²) in [7, 11) is 0. The number of carbonyl (C=O) groups excluding carboxylic acids is 1. The van der Waals surface area contributed by atoms with Crippen LogP contribution in [0.4, 0.5) is 5.13 Å². The van der Waals surface area contributed by atoms with E-state index in [2.05, 4.69) is 15.3 Å². The van der Waals surface area contributed by atoms with E-state index >= 15 is 0 Å². The number of nitrogens with zero attached hydrogens (tertiary/aromatic N) is 1. The normalized spacial score (nSPS) is 10.7. The maximum atomic E-state index is 12.0. The predicted molar refractivity (Wildman–Crippen MR) is 76.0 cm³/mol. The molecule has 2 heterocycles. The molecule has 6 heteroatoms. The van der Waals surface area contributed by atoms with E-state index in [1.54, 1.807) is 6.92 Å². The number of amides is 1. The summed E-state index contributed by atoms with van der Waals surface area (Å²) < 4.78 is 0. The van der Waals surface area contributed by atoms with Crippen molar-refractivity contribution in [3.05, 3.63) is 44.8 Å². The van der Waals surface area contributed by atoms with Crippen molar-refractivity contribution in [1.82, 2.24) is 9.97 Å². The number of aromatic amines is 1. The number of nitrogens with one attached hydrogen (secondary N) is 2. The van der Waals surface area contributed by atoms with Crippen LogP contribution in [0.3, 0.4) is 0 Å². The lowest BCUT2D eigenvalue weighted by atomic mass is 10.2. The number of anilines is 1. The molecule has 0 aliphatic carbocycles. The Bertz CT molecular complexity index is 658. The highest BCUT2D eigenvalue weighted by Gasteiger charge is 2.13. The molecule has 19 heavy (non-hydrogen) atoms. The molecule has 0 fully saturated rings. The van der Waals surface area contributed by atoms with Crippen molar-refractivity contribution in [1.29, 1.82) is 0 Å². The van der Waals surface area contributed by atoms with Crippen LogP contribution in [-0.4, -0.2) is 15.9 Å². The van der Waals surface area contributed by atoms with E-state index in [0.29, 0.717) is 11.0 Å². The third-order valence-electron chi connectivity index (χ3n) is 2.64. The second kappa shape index (κ2) is 5.36. The summed E-state index contributed by atoms with van der Waals surface area (Å²) in [4.78, 5) is 30.8. The van der Waals surface area contributed by atoms with Crippen molar-refractivity contribution in [3.63, 3.8) is 0 Å². The van der Waals surface area contributed by atoms with Gasteiger partial charge in [-0.25, -0.2) is 4.98 Å². The van der Waals surface area contributed by atoms with Crippen LogP contribution in [0.25, 0.3) is 0 Å². The van der Waals surface area contributed by atoms with Gasteiger partial charge in [-0.15, -0.1) is 11.3 Å². The van der Waals surface area contributed by atoms with Gasteiger partial charge in [-0.05, 0) is 12.8 Å². The summed E-state index contributed by atoms with van der Waals surface area (Å²) in [6.07, 6.45) is 1.42. The fourth-order valence-corrected chi connectivity index (χ4v) is 2.39. The van der Waals surface area contributed by atoms with Gasteiger partial charge in [0.25, 0.3) is 5.91 Å². The molecule has 2 rings (SSSR count). The first-order chi connectivity index (χ1) is 8.97. The Morgan fingerprint density at radius 2 is 2.21 bits per heavy atom. The Hall–Kier alpha value is -1.95. The quantitative estimate of drug-likeness (QED) is 0.905. The van der Waals surface area contributed by atoms with Gasteiger partial charge in [-0.1, -0.05) is 13.8 Å². The van der Waals surface area contributed by atoms with E-state index in [9.17, 15) is 9.59 Å². The summed E-state index contributed by atoms with van der Waals surface area (Å²) in [5.41, 5.74) is 1.44.